The molecule has 3 N–H and O–H groups in total. The molecule has 0 aromatic carbocycles. The molecule has 1 aliphatic rings. The van der Waals surface area contributed by atoms with Crippen molar-refractivity contribution in [3.8, 4) is 0 Å². The summed E-state index contributed by atoms with van der Waals surface area (Å²) < 4.78 is 0. The van der Waals surface area contributed by atoms with Gasteiger partial charge in [0.1, 0.15) is 0 Å². The molecule has 0 aromatic rings. The van der Waals surface area contributed by atoms with Crippen LogP contribution in [0.4, 0.5) is 0 Å². The van der Waals surface area contributed by atoms with E-state index < -0.39 is 0 Å². The molecule has 0 saturated carbocycles. The summed E-state index contributed by atoms with van der Waals surface area (Å²) in [5, 5.41) is 22.0. The molecule has 3 unspecified atom stereocenters. The van der Waals surface area contributed by atoms with Crippen LogP contribution in [0.25, 0.3) is 0 Å². The van der Waals surface area contributed by atoms with Crippen molar-refractivity contribution in [2.75, 3.05) is 19.7 Å². The van der Waals surface area contributed by atoms with Crippen molar-refractivity contribution >= 4 is 11.8 Å². The summed E-state index contributed by atoms with van der Waals surface area (Å²) in [4.78, 5) is 0. The Bertz CT molecular complexity index is 134. The highest BCUT2D eigenvalue weighted by molar-refractivity contribution is 8.00. The molecule has 0 amide bonds. The number of aliphatic hydroxyl groups excluding tert-OH is 2. The standard InChI is InChI=1S/C8H17NO2S/c1-6(2-3-10)12-8-5-9-4-7(8)11/h6-11H,2-5H2,1H3. The smallest absolute Gasteiger partial charge is 0.0795 e. The van der Waals surface area contributed by atoms with E-state index in [0.29, 0.717) is 17.0 Å². The average Bonchev–Trinajstić information content (AvgIpc) is 2.37. The maximum absolute atomic E-state index is 9.46. The molecule has 12 heavy (non-hydrogen) atoms. The van der Waals surface area contributed by atoms with Crippen LogP contribution in [0.5, 0.6) is 0 Å². The molecule has 1 rings (SSSR count). The van der Waals surface area contributed by atoms with Crippen LogP contribution in [0.2, 0.25) is 0 Å². The van der Waals surface area contributed by atoms with E-state index in [1.165, 1.54) is 0 Å². The molecule has 72 valence electrons. The minimum atomic E-state index is -0.212. The van der Waals surface area contributed by atoms with Crippen LogP contribution >= 0.6 is 11.8 Å². The molecule has 1 fully saturated rings. The third-order valence-corrected chi connectivity index (χ3v) is 3.60. The van der Waals surface area contributed by atoms with Crippen LogP contribution in [0.3, 0.4) is 0 Å². The van der Waals surface area contributed by atoms with Crippen molar-refractivity contribution in [2.24, 2.45) is 0 Å². The Morgan fingerprint density at radius 2 is 2.33 bits per heavy atom. The van der Waals surface area contributed by atoms with Gasteiger partial charge in [-0.2, -0.15) is 11.8 Å². The van der Waals surface area contributed by atoms with Gasteiger partial charge < -0.3 is 15.5 Å². The van der Waals surface area contributed by atoms with Crippen molar-refractivity contribution < 1.29 is 10.2 Å². The lowest BCUT2D eigenvalue weighted by Crippen LogP contribution is -2.22. The number of nitrogens with one attached hydrogen (secondary N) is 1. The second kappa shape index (κ2) is 5.07. The fourth-order valence-corrected chi connectivity index (χ4v) is 2.66. The zero-order chi connectivity index (χ0) is 8.97. The fraction of sp³-hybridized carbons (Fsp3) is 1.00. The van der Waals surface area contributed by atoms with Gasteiger partial charge in [0.25, 0.3) is 0 Å². The van der Waals surface area contributed by atoms with Crippen molar-refractivity contribution in [1.82, 2.24) is 5.32 Å². The van der Waals surface area contributed by atoms with Crippen molar-refractivity contribution in [2.45, 2.75) is 29.9 Å². The fourth-order valence-electron chi connectivity index (χ4n) is 1.33. The van der Waals surface area contributed by atoms with Gasteiger partial charge in [-0.05, 0) is 6.42 Å². The van der Waals surface area contributed by atoms with E-state index in [1.807, 2.05) is 0 Å². The van der Waals surface area contributed by atoms with Gasteiger partial charge >= 0.3 is 0 Å². The van der Waals surface area contributed by atoms with E-state index in [-0.39, 0.29) is 12.7 Å². The van der Waals surface area contributed by atoms with Gasteiger partial charge in [0.2, 0.25) is 0 Å². The van der Waals surface area contributed by atoms with Crippen LogP contribution in [-0.4, -0.2) is 46.5 Å². The Labute approximate surface area is 77.5 Å². The van der Waals surface area contributed by atoms with Crippen LogP contribution in [0.15, 0.2) is 0 Å². The van der Waals surface area contributed by atoms with Crippen molar-refractivity contribution in [3.63, 3.8) is 0 Å². The summed E-state index contributed by atoms with van der Waals surface area (Å²) in [7, 11) is 0. The SMILES string of the molecule is CC(CCO)SC1CNCC1O. The van der Waals surface area contributed by atoms with Crippen LogP contribution in [-0.2, 0) is 0 Å². The first-order chi connectivity index (χ1) is 5.74. The van der Waals surface area contributed by atoms with Crippen molar-refractivity contribution in [3.05, 3.63) is 0 Å². The molecule has 3 nitrogen and oxygen atoms in total. The molecular weight excluding hydrogens is 174 g/mol. The largest absolute Gasteiger partial charge is 0.396 e. The second-order valence-corrected chi connectivity index (χ2v) is 4.91. The molecule has 1 saturated heterocycles. The number of β-amino-alcohol motifs (C(OH)–C–C–N with tert-alkyl or cyclic N) is 1. The van der Waals surface area contributed by atoms with E-state index in [2.05, 4.69) is 12.2 Å². The van der Waals surface area contributed by atoms with Crippen molar-refractivity contribution in [1.29, 1.82) is 0 Å². The van der Waals surface area contributed by atoms with Gasteiger partial charge in [-0.25, -0.2) is 0 Å². The van der Waals surface area contributed by atoms with Gasteiger partial charge in [-0.1, -0.05) is 6.92 Å². The normalized spacial score (nSPS) is 32.2. The molecule has 4 heteroatoms. The lowest BCUT2D eigenvalue weighted by molar-refractivity contribution is 0.200. The number of rotatable bonds is 4. The summed E-state index contributed by atoms with van der Waals surface area (Å²) >= 11 is 1.77. The molecule has 0 aliphatic carbocycles. The zero-order valence-corrected chi connectivity index (χ0v) is 8.18. The number of hydrogen-bond acceptors (Lipinski definition) is 4. The summed E-state index contributed by atoms with van der Waals surface area (Å²) in [6.45, 7) is 3.93. The minimum absolute atomic E-state index is 0.212. The highest BCUT2D eigenvalue weighted by atomic mass is 32.2. The third-order valence-electron chi connectivity index (χ3n) is 2.07. The Kier molecular flexibility index (Phi) is 4.35. The van der Waals surface area contributed by atoms with E-state index in [9.17, 15) is 5.11 Å². The quantitative estimate of drug-likeness (QED) is 0.577. The summed E-state index contributed by atoms with van der Waals surface area (Å²) in [5.74, 6) is 0. The topological polar surface area (TPSA) is 52.5 Å². The lowest BCUT2D eigenvalue weighted by atomic mass is 10.3. The van der Waals surface area contributed by atoms with Gasteiger partial charge in [-0.15, -0.1) is 0 Å². The van der Waals surface area contributed by atoms with Crippen LogP contribution in [0, 0.1) is 0 Å². The molecule has 0 spiro atoms. The molecule has 0 radical (unpaired) electrons. The number of thioether (sulfide) groups is 1. The van der Waals surface area contributed by atoms with Crippen LogP contribution < -0.4 is 5.32 Å². The molecule has 0 aromatic heterocycles. The van der Waals surface area contributed by atoms with E-state index in [1.54, 1.807) is 11.8 Å². The van der Waals surface area contributed by atoms with Gasteiger partial charge in [-0.3, -0.25) is 0 Å². The monoisotopic (exact) mass is 191 g/mol. The third kappa shape index (κ3) is 2.94. The molecule has 0 bridgehead atoms. The maximum Gasteiger partial charge on any atom is 0.0795 e. The summed E-state index contributed by atoms with van der Waals surface area (Å²) in [5.41, 5.74) is 0. The first-order valence-corrected chi connectivity index (χ1v) is 5.33. The lowest BCUT2D eigenvalue weighted by Gasteiger charge is -2.17. The van der Waals surface area contributed by atoms with Gasteiger partial charge in [0.05, 0.1) is 6.10 Å². The number of hydrogen-bond donors (Lipinski definition) is 3. The zero-order valence-electron chi connectivity index (χ0n) is 7.36. The Morgan fingerprint density at radius 1 is 1.58 bits per heavy atom. The minimum Gasteiger partial charge on any atom is -0.396 e. The predicted octanol–water partition coefficient (Wildman–Crippen LogP) is -0.177. The molecular formula is C8H17NO2S. The van der Waals surface area contributed by atoms with Gasteiger partial charge in [0.15, 0.2) is 0 Å². The summed E-state index contributed by atoms with van der Waals surface area (Å²) in [6.07, 6.45) is 0.601. The Hall–Kier alpha value is 0.230. The second-order valence-electron chi connectivity index (χ2n) is 3.22. The van der Waals surface area contributed by atoms with E-state index >= 15 is 0 Å². The molecule has 1 heterocycles. The Morgan fingerprint density at radius 3 is 2.83 bits per heavy atom. The van der Waals surface area contributed by atoms with E-state index in [4.69, 9.17) is 5.11 Å². The van der Waals surface area contributed by atoms with Crippen LogP contribution in [0.1, 0.15) is 13.3 Å². The first kappa shape index (κ1) is 10.3. The number of aliphatic hydroxyl groups is 2. The van der Waals surface area contributed by atoms with Gasteiger partial charge in [0, 0.05) is 30.2 Å². The predicted molar refractivity (Wildman–Crippen MR) is 51.4 cm³/mol. The highest BCUT2D eigenvalue weighted by Gasteiger charge is 2.26. The first-order valence-electron chi connectivity index (χ1n) is 4.39. The van der Waals surface area contributed by atoms with E-state index in [0.717, 1.165) is 13.0 Å². The average molecular weight is 191 g/mol. The highest BCUT2D eigenvalue weighted by Crippen LogP contribution is 2.24. The summed E-state index contributed by atoms with van der Waals surface area (Å²) in [6, 6.07) is 0. The molecule has 3 atom stereocenters. The Balaban J connectivity index is 2.20. The molecule has 1 aliphatic heterocycles. The maximum atomic E-state index is 9.46.